The van der Waals surface area contributed by atoms with E-state index < -0.39 is 0 Å². The van der Waals surface area contributed by atoms with Crippen LogP contribution in [0, 0.1) is 0 Å². The fourth-order valence-electron chi connectivity index (χ4n) is 2.37. The summed E-state index contributed by atoms with van der Waals surface area (Å²) in [6, 6.07) is 5.75. The quantitative estimate of drug-likeness (QED) is 0.723. The molecule has 1 amide bonds. The summed E-state index contributed by atoms with van der Waals surface area (Å²) in [6.07, 6.45) is 0. The van der Waals surface area contributed by atoms with Crippen LogP contribution in [0.4, 0.5) is 0 Å². The molecule has 0 radical (unpaired) electrons. The topological polar surface area (TPSA) is 48.0 Å². The minimum Gasteiger partial charge on any atom is -0.493 e. The van der Waals surface area contributed by atoms with E-state index in [1.165, 1.54) is 0 Å². The molecule has 1 unspecified atom stereocenters. The number of rotatable bonds is 7. The second-order valence-electron chi connectivity index (χ2n) is 4.53. The van der Waals surface area contributed by atoms with Gasteiger partial charge in [0.1, 0.15) is 5.37 Å². The molecule has 0 spiro atoms. The van der Waals surface area contributed by atoms with E-state index in [-0.39, 0.29) is 11.3 Å². The van der Waals surface area contributed by atoms with Crippen molar-refractivity contribution < 1.29 is 19.0 Å². The summed E-state index contributed by atoms with van der Waals surface area (Å²) in [6.45, 7) is 3.74. The van der Waals surface area contributed by atoms with E-state index in [2.05, 4.69) is 0 Å². The third kappa shape index (κ3) is 3.44. The lowest BCUT2D eigenvalue weighted by Crippen LogP contribution is -2.31. The monoisotopic (exact) mass is 311 g/mol. The van der Waals surface area contributed by atoms with Crippen molar-refractivity contribution in [3.63, 3.8) is 0 Å². The molecule has 1 aliphatic rings. The lowest BCUT2D eigenvalue weighted by atomic mass is 10.1. The number of ether oxygens (including phenoxy) is 3. The fraction of sp³-hybridized carbons (Fsp3) is 0.533. The van der Waals surface area contributed by atoms with Gasteiger partial charge in [0.25, 0.3) is 0 Å². The van der Waals surface area contributed by atoms with Crippen LogP contribution in [0.25, 0.3) is 0 Å². The summed E-state index contributed by atoms with van der Waals surface area (Å²) in [5.41, 5.74) is 0.962. The molecule has 5 nitrogen and oxygen atoms in total. The first-order valence-electron chi connectivity index (χ1n) is 6.92. The molecule has 0 bridgehead atoms. The van der Waals surface area contributed by atoms with E-state index >= 15 is 0 Å². The van der Waals surface area contributed by atoms with E-state index in [0.29, 0.717) is 37.0 Å². The largest absolute Gasteiger partial charge is 0.493 e. The fourth-order valence-corrected chi connectivity index (χ4v) is 3.60. The molecule has 1 saturated heterocycles. The molecule has 2 rings (SSSR count). The lowest BCUT2D eigenvalue weighted by molar-refractivity contribution is -0.128. The summed E-state index contributed by atoms with van der Waals surface area (Å²) in [5, 5.41) is -0.0528. The number of carbonyl (C=O) groups is 1. The molecule has 0 aromatic heterocycles. The Labute approximate surface area is 129 Å². The summed E-state index contributed by atoms with van der Waals surface area (Å²) in [4.78, 5) is 13.9. The highest BCUT2D eigenvalue weighted by molar-refractivity contribution is 8.00. The van der Waals surface area contributed by atoms with Gasteiger partial charge >= 0.3 is 0 Å². The van der Waals surface area contributed by atoms with Crippen LogP contribution in [0.3, 0.4) is 0 Å². The van der Waals surface area contributed by atoms with Crippen molar-refractivity contribution in [1.29, 1.82) is 0 Å². The Morgan fingerprint density at radius 3 is 2.81 bits per heavy atom. The van der Waals surface area contributed by atoms with Crippen LogP contribution in [0.2, 0.25) is 0 Å². The molecule has 116 valence electrons. The number of carbonyl (C=O) groups excluding carboxylic acids is 1. The zero-order valence-corrected chi connectivity index (χ0v) is 13.4. The summed E-state index contributed by atoms with van der Waals surface area (Å²) in [5.74, 6) is 1.99. The van der Waals surface area contributed by atoms with E-state index in [9.17, 15) is 4.79 Å². The Balaban J connectivity index is 2.25. The Bertz CT molecular complexity index is 495. The van der Waals surface area contributed by atoms with Gasteiger partial charge < -0.3 is 19.1 Å². The highest BCUT2D eigenvalue weighted by atomic mass is 32.2. The molecule has 1 heterocycles. The van der Waals surface area contributed by atoms with Gasteiger partial charge in [0.15, 0.2) is 11.5 Å². The number of hydrogen-bond acceptors (Lipinski definition) is 5. The highest BCUT2D eigenvalue weighted by Crippen LogP contribution is 2.45. The molecule has 1 fully saturated rings. The van der Waals surface area contributed by atoms with Crippen LogP contribution in [-0.4, -0.2) is 50.5 Å². The SMILES string of the molecule is CCOCCN1C(=O)CSC1c1cccc(OC)c1OC. The maximum Gasteiger partial charge on any atom is 0.233 e. The predicted molar refractivity (Wildman–Crippen MR) is 83.0 cm³/mol. The Kier molecular flexibility index (Phi) is 5.76. The molecule has 1 aromatic rings. The van der Waals surface area contributed by atoms with Crippen molar-refractivity contribution in [1.82, 2.24) is 4.90 Å². The van der Waals surface area contributed by atoms with Crippen LogP contribution in [0.1, 0.15) is 17.9 Å². The van der Waals surface area contributed by atoms with Crippen molar-refractivity contribution >= 4 is 17.7 Å². The Morgan fingerprint density at radius 1 is 1.33 bits per heavy atom. The van der Waals surface area contributed by atoms with Gasteiger partial charge in [0, 0.05) is 18.7 Å². The minimum absolute atomic E-state index is 0.0528. The molecule has 1 atom stereocenters. The van der Waals surface area contributed by atoms with Crippen LogP contribution in [0.15, 0.2) is 18.2 Å². The van der Waals surface area contributed by atoms with E-state index in [4.69, 9.17) is 14.2 Å². The smallest absolute Gasteiger partial charge is 0.233 e. The standard InChI is InChI=1S/C15H21NO4S/c1-4-20-9-8-16-13(17)10-21-15(16)11-6-5-7-12(18-2)14(11)19-3/h5-7,15H,4,8-10H2,1-3H3. The van der Waals surface area contributed by atoms with E-state index in [1.807, 2.05) is 30.0 Å². The van der Waals surface area contributed by atoms with Crippen LogP contribution >= 0.6 is 11.8 Å². The van der Waals surface area contributed by atoms with Gasteiger partial charge in [0.2, 0.25) is 5.91 Å². The van der Waals surface area contributed by atoms with Crippen LogP contribution in [-0.2, 0) is 9.53 Å². The normalized spacial score (nSPS) is 18.1. The van der Waals surface area contributed by atoms with Gasteiger partial charge in [0.05, 0.1) is 26.6 Å². The van der Waals surface area contributed by atoms with Gasteiger partial charge in [-0.25, -0.2) is 0 Å². The second kappa shape index (κ2) is 7.56. The number of methoxy groups -OCH3 is 2. The zero-order valence-electron chi connectivity index (χ0n) is 12.6. The Morgan fingerprint density at radius 2 is 2.14 bits per heavy atom. The molecule has 1 aliphatic heterocycles. The molecular formula is C15H21NO4S. The molecule has 0 aliphatic carbocycles. The van der Waals surface area contributed by atoms with Gasteiger partial charge in [-0.3, -0.25) is 4.79 Å². The highest BCUT2D eigenvalue weighted by Gasteiger charge is 2.34. The maximum atomic E-state index is 12.1. The predicted octanol–water partition coefficient (Wildman–Crippen LogP) is 2.31. The molecule has 0 saturated carbocycles. The first kappa shape index (κ1) is 16.0. The van der Waals surface area contributed by atoms with Gasteiger partial charge in [-0.15, -0.1) is 11.8 Å². The third-order valence-corrected chi connectivity index (χ3v) is 4.59. The first-order chi connectivity index (χ1) is 10.2. The van der Waals surface area contributed by atoms with Crippen molar-refractivity contribution in [2.45, 2.75) is 12.3 Å². The summed E-state index contributed by atoms with van der Waals surface area (Å²) in [7, 11) is 3.23. The Hall–Kier alpha value is -1.40. The second-order valence-corrected chi connectivity index (χ2v) is 5.60. The number of thioether (sulfide) groups is 1. The van der Waals surface area contributed by atoms with Crippen LogP contribution < -0.4 is 9.47 Å². The average molecular weight is 311 g/mol. The number of benzene rings is 1. The maximum absolute atomic E-state index is 12.1. The number of amides is 1. The minimum atomic E-state index is -0.0528. The lowest BCUT2D eigenvalue weighted by Gasteiger charge is -2.26. The van der Waals surface area contributed by atoms with Gasteiger partial charge in [-0.05, 0) is 13.0 Å². The van der Waals surface area contributed by atoms with Crippen molar-refractivity contribution in [3.8, 4) is 11.5 Å². The summed E-state index contributed by atoms with van der Waals surface area (Å²) >= 11 is 1.60. The first-order valence-corrected chi connectivity index (χ1v) is 7.97. The van der Waals surface area contributed by atoms with E-state index in [1.54, 1.807) is 26.0 Å². The summed E-state index contributed by atoms with van der Waals surface area (Å²) < 4.78 is 16.2. The van der Waals surface area contributed by atoms with Crippen molar-refractivity contribution in [3.05, 3.63) is 23.8 Å². The molecule has 6 heteroatoms. The van der Waals surface area contributed by atoms with Crippen LogP contribution in [0.5, 0.6) is 11.5 Å². The molecular weight excluding hydrogens is 290 g/mol. The van der Waals surface area contributed by atoms with E-state index in [0.717, 1.165) is 5.56 Å². The number of para-hydroxylation sites is 1. The molecule has 21 heavy (non-hydrogen) atoms. The number of nitrogens with zero attached hydrogens (tertiary/aromatic N) is 1. The van der Waals surface area contributed by atoms with Crippen molar-refractivity contribution in [2.24, 2.45) is 0 Å². The van der Waals surface area contributed by atoms with Crippen molar-refractivity contribution in [2.75, 3.05) is 39.7 Å². The van der Waals surface area contributed by atoms with Gasteiger partial charge in [-0.1, -0.05) is 12.1 Å². The van der Waals surface area contributed by atoms with Gasteiger partial charge in [-0.2, -0.15) is 0 Å². The molecule has 1 aromatic carbocycles. The molecule has 0 N–H and O–H groups in total. The third-order valence-electron chi connectivity index (χ3n) is 3.35. The number of hydrogen-bond donors (Lipinski definition) is 0. The zero-order chi connectivity index (χ0) is 15.2. The average Bonchev–Trinajstić information content (AvgIpc) is 2.87.